The molecule has 2 N–H and O–H groups in total. The summed E-state index contributed by atoms with van der Waals surface area (Å²) in [7, 11) is 3.48. The summed E-state index contributed by atoms with van der Waals surface area (Å²) < 4.78 is 0. The van der Waals surface area contributed by atoms with Crippen molar-refractivity contribution in [1.82, 2.24) is 15.5 Å². The van der Waals surface area contributed by atoms with Gasteiger partial charge >= 0.3 is 6.03 Å². The van der Waals surface area contributed by atoms with E-state index in [1.54, 1.807) is 14.1 Å². The maximum atomic E-state index is 11.1. The predicted octanol–water partition coefficient (Wildman–Crippen LogP) is 0.893. The van der Waals surface area contributed by atoms with Gasteiger partial charge in [-0.3, -0.25) is 0 Å². The molecule has 0 fully saturated rings. The van der Waals surface area contributed by atoms with Crippen molar-refractivity contribution in [2.24, 2.45) is 5.92 Å². The molecular formula is C10H23N3O. The highest BCUT2D eigenvalue weighted by Gasteiger charge is 2.00. The van der Waals surface area contributed by atoms with Gasteiger partial charge in [-0.1, -0.05) is 13.8 Å². The first-order chi connectivity index (χ1) is 6.54. The second-order valence-corrected chi connectivity index (χ2v) is 4.06. The number of urea groups is 1. The third-order valence-corrected chi connectivity index (χ3v) is 1.88. The second kappa shape index (κ2) is 7.62. The summed E-state index contributed by atoms with van der Waals surface area (Å²) in [5.74, 6) is 0.735. The first-order valence-electron chi connectivity index (χ1n) is 5.20. The van der Waals surface area contributed by atoms with Gasteiger partial charge in [-0.05, 0) is 18.9 Å². The van der Waals surface area contributed by atoms with Gasteiger partial charge in [0.2, 0.25) is 0 Å². The lowest BCUT2D eigenvalue weighted by molar-refractivity contribution is 0.217. The van der Waals surface area contributed by atoms with Crippen molar-refractivity contribution in [2.45, 2.75) is 20.3 Å². The topological polar surface area (TPSA) is 44.4 Å². The molecule has 0 bridgehead atoms. The first-order valence-corrected chi connectivity index (χ1v) is 5.20. The summed E-state index contributed by atoms with van der Waals surface area (Å²) >= 11 is 0. The van der Waals surface area contributed by atoms with Crippen LogP contribution in [0.25, 0.3) is 0 Å². The summed E-state index contributed by atoms with van der Waals surface area (Å²) in [6, 6.07) is -0.0318. The second-order valence-electron chi connectivity index (χ2n) is 4.06. The van der Waals surface area contributed by atoms with E-state index in [0.29, 0.717) is 6.54 Å². The SMILES string of the molecule is CC(C)CCNCCNC(=O)N(C)C. The molecule has 0 saturated carbocycles. The minimum absolute atomic E-state index is 0.0318. The Morgan fingerprint density at radius 2 is 1.86 bits per heavy atom. The van der Waals surface area contributed by atoms with Crippen LogP contribution in [0.4, 0.5) is 4.79 Å². The number of hydrogen-bond acceptors (Lipinski definition) is 2. The Morgan fingerprint density at radius 3 is 2.36 bits per heavy atom. The number of amides is 2. The number of nitrogens with zero attached hydrogens (tertiary/aromatic N) is 1. The fourth-order valence-electron chi connectivity index (χ4n) is 0.932. The lowest BCUT2D eigenvalue weighted by Crippen LogP contribution is -2.38. The zero-order valence-electron chi connectivity index (χ0n) is 9.76. The van der Waals surface area contributed by atoms with Crippen LogP contribution in [0.5, 0.6) is 0 Å². The monoisotopic (exact) mass is 201 g/mol. The maximum absolute atomic E-state index is 11.1. The van der Waals surface area contributed by atoms with Crippen molar-refractivity contribution >= 4 is 6.03 Å². The van der Waals surface area contributed by atoms with E-state index in [1.165, 1.54) is 11.3 Å². The third kappa shape index (κ3) is 7.86. The van der Waals surface area contributed by atoms with Crippen LogP contribution in [0.3, 0.4) is 0 Å². The van der Waals surface area contributed by atoms with E-state index in [1.807, 2.05) is 0 Å². The molecule has 84 valence electrons. The van der Waals surface area contributed by atoms with Crippen LogP contribution in [-0.4, -0.2) is 44.7 Å². The Morgan fingerprint density at radius 1 is 1.21 bits per heavy atom. The van der Waals surface area contributed by atoms with Crippen molar-refractivity contribution in [3.05, 3.63) is 0 Å². The van der Waals surface area contributed by atoms with Gasteiger partial charge in [-0.15, -0.1) is 0 Å². The van der Waals surface area contributed by atoms with Crippen LogP contribution in [-0.2, 0) is 0 Å². The van der Waals surface area contributed by atoms with E-state index in [0.717, 1.165) is 19.0 Å². The molecule has 0 aliphatic rings. The third-order valence-electron chi connectivity index (χ3n) is 1.88. The number of hydrogen-bond donors (Lipinski definition) is 2. The summed E-state index contributed by atoms with van der Waals surface area (Å²) in [6.45, 7) is 6.96. The molecule has 0 heterocycles. The minimum atomic E-state index is -0.0318. The van der Waals surface area contributed by atoms with Crippen molar-refractivity contribution in [3.8, 4) is 0 Å². The van der Waals surface area contributed by atoms with E-state index in [4.69, 9.17) is 0 Å². The van der Waals surface area contributed by atoms with Gasteiger partial charge in [0.1, 0.15) is 0 Å². The van der Waals surface area contributed by atoms with E-state index in [9.17, 15) is 4.79 Å². The largest absolute Gasteiger partial charge is 0.337 e. The molecule has 2 amide bonds. The van der Waals surface area contributed by atoms with Gasteiger partial charge < -0.3 is 15.5 Å². The van der Waals surface area contributed by atoms with Crippen molar-refractivity contribution < 1.29 is 4.79 Å². The molecule has 0 aromatic heterocycles. The highest BCUT2D eigenvalue weighted by molar-refractivity contribution is 5.73. The summed E-state index contributed by atoms with van der Waals surface area (Å²) in [6.07, 6.45) is 1.18. The molecular weight excluding hydrogens is 178 g/mol. The molecule has 0 aliphatic heterocycles. The fourth-order valence-corrected chi connectivity index (χ4v) is 0.932. The van der Waals surface area contributed by atoms with Crippen LogP contribution in [0, 0.1) is 5.92 Å². The lowest BCUT2D eigenvalue weighted by Gasteiger charge is -2.12. The lowest BCUT2D eigenvalue weighted by atomic mass is 10.1. The average molecular weight is 201 g/mol. The molecule has 0 rings (SSSR count). The standard InChI is InChI=1S/C10H23N3O/c1-9(2)5-6-11-7-8-12-10(14)13(3)4/h9,11H,5-8H2,1-4H3,(H,12,14). The first kappa shape index (κ1) is 13.2. The molecule has 0 atom stereocenters. The molecule has 4 heteroatoms. The fraction of sp³-hybridized carbons (Fsp3) is 0.900. The molecule has 14 heavy (non-hydrogen) atoms. The van der Waals surface area contributed by atoms with Crippen LogP contribution >= 0.6 is 0 Å². The molecule has 0 aromatic rings. The van der Waals surface area contributed by atoms with Gasteiger partial charge in [-0.2, -0.15) is 0 Å². The zero-order chi connectivity index (χ0) is 11.0. The van der Waals surface area contributed by atoms with Gasteiger partial charge in [-0.25, -0.2) is 4.79 Å². The molecule has 0 aromatic carbocycles. The van der Waals surface area contributed by atoms with Gasteiger partial charge in [0, 0.05) is 27.2 Å². The summed E-state index contributed by atoms with van der Waals surface area (Å²) in [5, 5.41) is 6.07. The Kier molecular flexibility index (Phi) is 7.20. The van der Waals surface area contributed by atoms with Gasteiger partial charge in [0.15, 0.2) is 0 Å². The highest BCUT2D eigenvalue weighted by atomic mass is 16.2. The van der Waals surface area contributed by atoms with Crippen LogP contribution in [0.1, 0.15) is 20.3 Å². The summed E-state index contributed by atoms with van der Waals surface area (Å²) in [5.41, 5.74) is 0. The number of rotatable bonds is 6. The van der Waals surface area contributed by atoms with Crippen molar-refractivity contribution in [3.63, 3.8) is 0 Å². The van der Waals surface area contributed by atoms with Crippen molar-refractivity contribution in [2.75, 3.05) is 33.7 Å². The Balaban J connectivity index is 3.18. The number of carbonyl (C=O) groups is 1. The smallest absolute Gasteiger partial charge is 0.316 e. The van der Waals surface area contributed by atoms with Crippen molar-refractivity contribution in [1.29, 1.82) is 0 Å². The van der Waals surface area contributed by atoms with E-state index >= 15 is 0 Å². The minimum Gasteiger partial charge on any atom is -0.337 e. The molecule has 0 aliphatic carbocycles. The molecule has 0 spiro atoms. The van der Waals surface area contributed by atoms with Crippen LogP contribution in [0.15, 0.2) is 0 Å². The Hall–Kier alpha value is -0.770. The average Bonchev–Trinajstić information content (AvgIpc) is 2.09. The van der Waals surface area contributed by atoms with E-state index in [2.05, 4.69) is 24.5 Å². The van der Waals surface area contributed by atoms with Gasteiger partial charge in [0.25, 0.3) is 0 Å². The molecule has 0 unspecified atom stereocenters. The summed E-state index contributed by atoms with van der Waals surface area (Å²) in [4.78, 5) is 12.6. The molecule has 0 radical (unpaired) electrons. The molecule has 0 saturated heterocycles. The van der Waals surface area contributed by atoms with E-state index < -0.39 is 0 Å². The molecule has 4 nitrogen and oxygen atoms in total. The Bertz CT molecular complexity index is 157. The zero-order valence-corrected chi connectivity index (χ0v) is 9.76. The number of carbonyl (C=O) groups excluding carboxylic acids is 1. The van der Waals surface area contributed by atoms with Crippen LogP contribution in [0.2, 0.25) is 0 Å². The normalized spacial score (nSPS) is 10.4. The quantitative estimate of drug-likeness (QED) is 0.627. The van der Waals surface area contributed by atoms with Crippen LogP contribution < -0.4 is 10.6 Å². The number of nitrogens with one attached hydrogen (secondary N) is 2. The van der Waals surface area contributed by atoms with E-state index in [-0.39, 0.29) is 6.03 Å². The van der Waals surface area contributed by atoms with Gasteiger partial charge in [0.05, 0.1) is 0 Å². The maximum Gasteiger partial charge on any atom is 0.316 e. The Labute approximate surface area is 87.0 Å². The highest BCUT2D eigenvalue weighted by Crippen LogP contribution is 1.95. The predicted molar refractivity (Wildman–Crippen MR) is 59.4 cm³/mol.